The average Bonchev–Trinajstić information content (AvgIpc) is 3.47. The number of pyridine rings is 1. The molecule has 30 heavy (non-hydrogen) atoms. The molecule has 0 saturated carbocycles. The number of benzene rings is 1. The average molecular weight is 404 g/mol. The molecule has 0 spiro atoms. The number of nitrogens with zero attached hydrogens (tertiary/aromatic N) is 6. The van der Waals surface area contributed by atoms with Gasteiger partial charge in [0.1, 0.15) is 24.1 Å². The summed E-state index contributed by atoms with van der Waals surface area (Å²) >= 11 is 0. The summed E-state index contributed by atoms with van der Waals surface area (Å²) in [5.41, 5.74) is 0.983. The summed E-state index contributed by atoms with van der Waals surface area (Å²) in [4.78, 5) is 33.7. The van der Waals surface area contributed by atoms with Crippen LogP contribution in [0.2, 0.25) is 0 Å². The van der Waals surface area contributed by atoms with Crippen LogP contribution >= 0.6 is 0 Å². The number of hydrogen-bond donors (Lipinski definition) is 0. The lowest BCUT2D eigenvalue weighted by molar-refractivity contribution is -0.384. The lowest BCUT2D eigenvalue weighted by Crippen LogP contribution is -2.30. The highest BCUT2D eigenvalue weighted by Gasteiger charge is 2.23. The van der Waals surface area contributed by atoms with Gasteiger partial charge in [-0.05, 0) is 35.9 Å². The van der Waals surface area contributed by atoms with Crippen molar-refractivity contribution in [2.75, 3.05) is 0 Å². The Bertz CT molecular complexity index is 1140. The Morgan fingerprint density at radius 2 is 2.07 bits per heavy atom. The molecule has 0 saturated heterocycles. The normalized spacial score (nSPS) is 10.7. The second-order valence-electron chi connectivity index (χ2n) is 6.40. The number of hydrogen-bond acceptors (Lipinski definition) is 7. The third-order valence-corrected chi connectivity index (χ3v) is 4.39. The van der Waals surface area contributed by atoms with Crippen LogP contribution in [0.15, 0.2) is 78.2 Å². The van der Waals surface area contributed by atoms with E-state index in [0.717, 1.165) is 5.56 Å². The van der Waals surface area contributed by atoms with Crippen molar-refractivity contribution in [2.24, 2.45) is 0 Å². The van der Waals surface area contributed by atoms with Crippen LogP contribution < -0.4 is 0 Å². The van der Waals surface area contributed by atoms with E-state index in [-0.39, 0.29) is 35.9 Å². The van der Waals surface area contributed by atoms with Crippen molar-refractivity contribution in [1.82, 2.24) is 24.6 Å². The van der Waals surface area contributed by atoms with Crippen LogP contribution in [-0.4, -0.2) is 35.5 Å². The maximum atomic E-state index is 13.3. The maximum absolute atomic E-state index is 13.3. The molecule has 0 aliphatic rings. The van der Waals surface area contributed by atoms with E-state index >= 15 is 0 Å². The Hall–Kier alpha value is -4.34. The van der Waals surface area contributed by atoms with Crippen LogP contribution in [0.25, 0.3) is 5.69 Å². The molecule has 150 valence electrons. The number of furan rings is 1. The van der Waals surface area contributed by atoms with Gasteiger partial charge in [0.25, 0.3) is 11.6 Å². The molecule has 3 heterocycles. The Labute approximate surface area is 170 Å². The monoisotopic (exact) mass is 404 g/mol. The molecule has 0 radical (unpaired) electrons. The summed E-state index contributed by atoms with van der Waals surface area (Å²) in [5.74, 6) is 0.226. The van der Waals surface area contributed by atoms with Gasteiger partial charge < -0.3 is 9.32 Å². The molecular formula is C20H16N6O4. The van der Waals surface area contributed by atoms with Crippen LogP contribution in [0, 0.1) is 10.1 Å². The summed E-state index contributed by atoms with van der Waals surface area (Å²) in [7, 11) is 0. The van der Waals surface area contributed by atoms with Crippen LogP contribution in [0.5, 0.6) is 0 Å². The Kier molecular flexibility index (Phi) is 5.29. The van der Waals surface area contributed by atoms with Crippen molar-refractivity contribution in [3.8, 4) is 5.69 Å². The van der Waals surface area contributed by atoms with Crippen LogP contribution in [-0.2, 0) is 13.1 Å². The fraction of sp³-hybridized carbons (Fsp3) is 0.100. The molecule has 0 aliphatic carbocycles. The summed E-state index contributed by atoms with van der Waals surface area (Å²) < 4.78 is 6.66. The predicted octanol–water partition coefficient (Wildman–Crippen LogP) is 3.01. The van der Waals surface area contributed by atoms with E-state index in [9.17, 15) is 14.9 Å². The van der Waals surface area contributed by atoms with Crippen molar-refractivity contribution in [3.05, 3.63) is 101 Å². The third kappa shape index (κ3) is 4.07. The minimum absolute atomic E-state index is 0.181. The van der Waals surface area contributed by atoms with Crippen LogP contribution in [0.1, 0.15) is 21.7 Å². The van der Waals surface area contributed by atoms with Crippen LogP contribution in [0.3, 0.4) is 0 Å². The van der Waals surface area contributed by atoms with E-state index in [1.807, 2.05) is 6.07 Å². The maximum Gasteiger partial charge on any atom is 0.295 e. The second-order valence-corrected chi connectivity index (χ2v) is 6.40. The fourth-order valence-electron chi connectivity index (χ4n) is 3.01. The largest absolute Gasteiger partial charge is 0.467 e. The molecule has 0 fully saturated rings. The summed E-state index contributed by atoms with van der Waals surface area (Å²) in [6, 6.07) is 11.4. The Balaban J connectivity index is 1.68. The molecule has 1 amide bonds. The first-order valence-electron chi connectivity index (χ1n) is 8.96. The van der Waals surface area contributed by atoms with Gasteiger partial charge in [-0.1, -0.05) is 6.07 Å². The van der Waals surface area contributed by atoms with Crippen molar-refractivity contribution in [2.45, 2.75) is 13.1 Å². The molecule has 4 aromatic rings. The van der Waals surface area contributed by atoms with Crippen LogP contribution in [0.4, 0.5) is 5.69 Å². The predicted molar refractivity (Wildman–Crippen MR) is 105 cm³/mol. The first-order valence-corrected chi connectivity index (χ1v) is 8.96. The highest BCUT2D eigenvalue weighted by molar-refractivity contribution is 5.95. The first-order chi connectivity index (χ1) is 14.6. The number of nitro benzene ring substituents is 1. The highest BCUT2D eigenvalue weighted by atomic mass is 16.6. The summed E-state index contributed by atoms with van der Waals surface area (Å²) in [5, 5.41) is 15.5. The number of rotatable bonds is 7. The van der Waals surface area contributed by atoms with E-state index in [0.29, 0.717) is 5.76 Å². The molecule has 10 heteroatoms. The molecule has 1 aromatic carbocycles. The number of carbonyl (C=O) groups excluding carboxylic acids is 1. The minimum Gasteiger partial charge on any atom is -0.467 e. The zero-order valence-electron chi connectivity index (χ0n) is 15.7. The number of amides is 1. The van der Waals surface area contributed by atoms with E-state index < -0.39 is 4.92 Å². The molecule has 0 unspecified atom stereocenters. The zero-order valence-corrected chi connectivity index (χ0v) is 15.7. The minimum atomic E-state index is -0.550. The standard InChI is InChI=1S/C20H16N6O4/c27-20(16-5-6-18(19(9-16)26(28)29)25-14-22-13-23-25)24(12-17-4-2-8-30-17)11-15-3-1-7-21-10-15/h1-10,13-14H,11-12H2. The smallest absolute Gasteiger partial charge is 0.295 e. The topological polar surface area (TPSA) is 120 Å². The number of nitro groups is 1. The van der Waals surface area contributed by atoms with Crippen molar-refractivity contribution >= 4 is 11.6 Å². The van der Waals surface area contributed by atoms with Gasteiger partial charge in [-0.3, -0.25) is 19.9 Å². The van der Waals surface area contributed by atoms with Gasteiger partial charge >= 0.3 is 0 Å². The second kappa shape index (κ2) is 8.35. The molecule has 0 bridgehead atoms. The number of aromatic nitrogens is 4. The van der Waals surface area contributed by atoms with E-state index in [1.165, 1.54) is 41.8 Å². The Morgan fingerprint density at radius 1 is 1.17 bits per heavy atom. The van der Waals surface area contributed by atoms with E-state index in [1.54, 1.807) is 35.5 Å². The van der Waals surface area contributed by atoms with Gasteiger partial charge in [0, 0.05) is 30.6 Å². The summed E-state index contributed by atoms with van der Waals surface area (Å²) in [6.07, 6.45) is 7.48. The zero-order chi connectivity index (χ0) is 20.9. The van der Waals surface area contributed by atoms with Gasteiger partial charge in [-0.15, -0.1) is 0 Å². The molecule has 3 aromatic heterocycles. The lowest BCUT2D eigenvalue weighted by atomic mass is 10.1. The third-order valence-electron chi connectivity index (χ3n) is 4.39. The SMILES string of the molecule is O=C(c1ccc(-n2cncn2)c([N+](=O)[O-])c1)N(Cc1cccnc1)Cc1ccco1. The van der Waals surface area contributed by atoms with Crippen molar-refractivity contribution in [3.63, 3.8) is 0 Å². The van der Waals surface area contributed by atoms with Crippen molar-refractivity contribution < 1.29 is 14.1 Å². The van der Waals surface area contributed by atoms with Gasteiger partial charge in [0.2, 0.25) is 0 Å². The molecule has 0 N–H and O–H groups in total. The molecule has 0 atom stereocenters. The highest BCUT2D eigenvalue weighted by Crippen LogP contribution is 2.25. The molecular weight excluding hydrogens is 388 g/mol. The van der Waals surface area contributed by atoms with E-state index in [2.05, 4.69) is 15.1 Å². The molecule has 10 nitrogen and oxygen atoms in total. The first kappa shape index (κ1) is 19.0. The van der Waals surface area contributed by atoms with Gasteiger partial charge in [0.05, 0.1) is 17.7 Å². The van der Waals surface area contributed by atoms with E-state index in [4.69, 9.17) is 4.42 Å². The molecule has 0 aliphatic heterocycles. The molecule has 4 rings (SSSR count). The Morgan fingerprint density at radius 3 is 2.73 bits per heavy atom. The quantitative estimate of drug-likeness (QED) is 0.343. The van der Waals surface area contributed by atoms with Gasteiger partial charge in [-0.2, -0.15) is 5.10 Å². The number of carbonyl (C=O) groups is 1. The summed E-state index contributed by atoms with van der Waals surface area (Å²) in [6.45, 7) is 0.478. The van der Waals surface area contributed by atoms with Crippen molar-refractivity contribution in [1.29, 1.82) is 0 Å². The lowest BCUT2D eigenvalue weighted by Gasteiger charge is -2.22. The van der Waals surface area contributed by atoms with Gasteiger partial charge in [-0.25, -0.2) is 9.67 Å². The van der Waals surface area contributed by atoms with Gasteiger partial charge in [0.15, 0.2) is 0 Å². The fourth-order valence-corrected chi connectivity index (χ4v) is 3.01.